The molecule has 13 heavy (non-hydrogen) atoms. The van der Waals surface area contributed by atoms with Crippen molar-refractivity contribution in [2.24, 2.45) is 0 Å². The van der Waals surface area contributed by atoms with Gasteiger partial charge in [0.15, 0.2) is 0 Å². The molecular weight excluding hydrogens is 210 g/mol. The van der Waals surface area contributed by atoms with Crippen LogP contribution < -0.4 is 0 Å². The number of halogens is 3. The molecule has 2 rings (SSSR count). The average Bonchev–Trinajstić information content (AvgIpc) is 2.84. The van der Waals surface area contributed by atoms with Gasteiger partial charge in [-0.15, -0.1) is 0 Å². The zero-order valence-corrected chi connectivity index (χ0v) is 8.29. The third-order valence-electron chi connectivity index (χ3n) is 1.94. The summed E-state index contributed by atoms with van der Waals surface area (Å²) in [5.74, 6) is -0.311. The van der Waals surface area contributed by atoms with Gasteiger partial charge in [0.25, 0.3) is 0 Å². The van der Waals surface area contributed by atoms with Gasteiger partial charge in [0.2, 0.25) is 0 Å². The second-order valence-electron chi connectivity index (χ2n) is 3.09. The summed E-state index contributed by atoms with van der Waals surface area (Å²) >= 11 is 11.4. The van der Waals surface area contributed by atoms with Gasteiger partial charge in [0.05, 0.1) is 10.0 Å². The Labute approximate surface area is 86.0 Å². The first-order valence-corrected chi connectivity index (χ1v) is 4.76. The van der Waals surface area contributed by atoms with Crippen LogP contribution in [0.2, 0.25) is 10.0 Å². The molecule has 1 aliphatic rings. The zero-order valence-electron chi connectivity index (χ0n) is 6.78. The summed E-state index contributed by atoms with van der Waals surface area (Å²) in [5.41, 5.74) is 1.79. The van der Waals surface area contributed by atoms with Crippen molar-refractivity contribution in [3.8, 4) is 0 Å². The van der Waals surface area contributed by atoms with Crippen molar-refractivity contribution >= 4 is 29.3 Å². The van der Waals surface area contributed by atoms with Crippen LogP contribution in [-0.4, -0.2) is 0 Å². The maximum atomic E-state index is 13.2. The lowest BCUT2D eigenvalue weighted by molar-refractivity contribution is 0.625. The minimum absolute atomic E-state index is 0.261. The van der Waals surface area contributed by atoms with E-state index in [2.05, 4.69) is 0 Å². The van der Waals surface area contributed by atoms with Crippen LogP contribution in [0.5, 0.6) is 0 Å². The predicted molar refractivity (Wildman–Crippen MR) is 53.6 cm³/mol. The van der Waals surface area contributed by atoms with Crippen LogP contribution in [0.15, 0.2) is 17.7 Å². The molecule has 3 heteroatoms. The molecule has 0 spiro atoms. The van der Waals surface area contributed by atoms with Crippen LogP contribution in [-0.2, 0) is 0 Å². The molecule has 1 aliphatic carbocycles. The highest BCUT2D eigenvalue weighted by Crippen LogP contribution is 2.33. The maximum Gasteiger partial charge on any atom is 0.132 e. The molecule has 0 bridgehead atoms. The molecule has 0 heterocycles. The van der Waals surface area contributed by atoms with Crippen LogP contribution in [0.1, 0.15) is 18.4 Å². The molecule has 0 aromatic heterocycles. The first-order chi connectivity index (χ1) is 6.16. The lowest BCUT2D eigenvalue weighted by Crippen LogP contribution is -1.82. The summed E-state index contributed by atoms with van der Waals surface area (Å²) in [7, 11) is 0. The molecule has 1 aromatic carbocycles. The van der Waals surface area contributed by atoms with Crippen LogP contribution in [0.25, 0.3) is 6.08 Å². The number of hydrogen-bond acceptors (Lipinski definition) is 0. The van der Waals surface area contributed by atoms with Gasteiger partial charge in [-0.3, -0.25) is 0 Å². The fourth-order valence-corrected chi connectivity index (χ4v) is 1.41. The molecular formula is C10H7Cl2F. The van der Waals surface area contributed by atoms with E-state index in [0.717, 1.165) is 12.8 Å². The smallest absolute Gasteiger partial charge is 0.132 e. The predicted octanol–water partition coefficient (Wildman–Crippen LogP) is 4.31. The van der Waals surface area contributed by atoms with Crippen LogP contribution in [0.3, 0.4) is 0 Å². The highest BCUT2D eigenvalue weighted by Gasteiger charge is 2.13. The molecule has 1 saturated carbocycles. The number of rotatable bonds is 1. The van der Waals surface area contributed by atoms with E-state index < -0.39 is 0 Å². The van der Waals surface area contributed by atoms with Gasteiger partial charge in [0, 0.05) is 5.56 Å². The highest BCUT2D eigenvalue weighted by atomic mass is 35.5. The van der Waals surface area contributed by atoms with Gasteiger partial charge < -0.3 is 0 Å². The third kappa shape index (κ3) is 2.04. The average molecular weight is 217 g/mol. The molecule has 0 atom stereocenters. The van der Waals surface area contributed by atoms with Gasteiger partial charge in [-0.2, -0.15) is 0 Å². The Kier molecular flexibility index (Phi) is 2.31. The maximum absolute atomic E-state index is 13.2. The summed E-state index contributed by atoms with van der Waals surface area (Å²) in [6.45, 7) is 0. The van der Waals surface area contributed by atoms with E-state index in [1.807, 2.05) is 6.08 Å². The second-order valence-corrected chi connectivity index (χ2v) is 3.90. The van der Waals surface area contributed by atoms with Crippen molar-refractivity contribution in [1.82, 2.24) is 0 Å². The van der Waals surface area contributed by atoms with E-state index in [-0.39, 0.29) is 10.8 Å². The molecule has 68 valence electrons. The molecule has 0 aliphatic heterocycles. The quantitative estimate of drug-likeness (QED) is 0.615. The van der Waals surface area contributed by atoms with Crippen LogP contribution in [0, 0.1) is 5.82 Å². The second kappa shape index (κ2) is 3.32. The van der Waals surface area contributed by atoms with E-state index in [1.54, 1.807) is 6.07 Å². The minimum atomic E-state index is -0.311. The zero-order chi connectivity index (χ0) is 9.42. The largest absolute Gasteiger partial charge is 0.206 e. The Morgan fingerprint density at radius 2 is 1.77 bits per heavy atom. The molecule has 0 unspecified atom stereocenters. The molecule has 0 nitrogen and oxygen atoms in total. The number of benzene rings is 1. The van der Waals surface area contributed by atoms with Crippen molar-refractivity contribution in [3.05, 3.63) is 39.1 Å². The molecule has 1 aromatic rings. The summed E-state index contributed by atoms with van der Waals surface area (Å²) in [6.07, 6.45) is 3.97. The minimum Gasteiger partial charge on any atom is -0.206 e. The fourth-order valence-electron chi connectivity index (χ4n) is 1.08. The Hall–Kier alpha value is -0.530. The topological polar surface area (TPSA) is 0 Å². The summed E-state index contributed by atoms with van der Waals surface area (Å²) in [5, 5.41) is 0.660. The summed E-state index contributed by atoms with van der Waals surface area (Å²) < 4.78 is 13.2. The molecule has 0 radical (unpaired) electrons. The molecule has 0 amide bonds. The lowest BCUT2D eigenvalue weighted by atomic mass is 10.2. The summed E-state index contributed by atoms with van der Waals surface area (Å²) in [6, 6.07) is 2.81. The number of allylic oxidation sites excluding steroid dienone is 1. The Balaban J connectivity index is 2.45. The molecule has 0 saturated heterocycles. The van der Waals surface area contributed by atoms with Gasteiger partial charge in [-0.1, -0.05) is 34.9 Å². The standard InChI is InChI=1S/C10H7Cl2F/c11-8-4-7(3-6-1-2-6)10(13)5-9(8)12/h3-5H,1-2H2. The SMILES string of the molecule is Fc1cc(Cl)c(Cl)cc1C=C1CC1. The van der Waals surface area contributed by atoms with Gasteiger partial charge in [0.1, 0.15) is 5.82 Å². The summed E-state index contributed by atoms with van der Waals surface area (Å²) in [4.78, 5) is 0. The van der Waals surface area contributed by atoms with Crippen molar-refractivity contribution in [1.29, 1.82) is 0 Å². The van der Waals surface area contributed by atoms with Crippen molar-refractivity contribution in [2.75, 3.05) is 0 Å². The van der Waals surface area contributed by atoms with Crippen molar-refractivity contribution < 1.29 is 4.39 Å². The van der Waals surface area contributed by atoms with Crippen LogP contribution in [0.4, 0.5) is 4.39 Å². The van der Waals surface area contributed by atoms with E-state index in [4.69, 9.17) is 23.2 Å². The Morgan fingerprint density at radius 1 is 1.15 bits per heavy atom. The van der Waals surface area contributed by atoms with Gasteiger partial charge >= 0.3 is 0 Å². The molecule has 1 fully saturated rings. The number of hydrogen-bond donors (Lipinski definition) is 0. The first kappa shape index (κ1) is 9.04. The van der Waals surface area contributed by atoms with Crippen LogP contribution >= 0.6 is 23.2 Å². The van der Waals surface area contributed by atoms with Gasteiger partial charge in [-0.05, 0) is 25.0 Å². The third-order valence-corrected chi connectivity index (χ3v) is 2.66. The Bertz CT molecular complexity index is 377. The van der Waals surface area contributed by atoms with Crippen molar-refractivity contribution in [3.63, 3.8) is 0 Å². The molecule has 0 N–H and O–H groups in total. The van der Waals surface area contributed by atoms with E-state index in [1.165, 1.54) is 11.6 Å². The highest BCUT2D eigenvalue weighted by molar-refractivity contribution is 6.42. The van der Waals surface area contributed by atoms with E-state index >= 15 is 0 Å². The monoisotopic (exact) mass is 216 g/mol. The van der Waals surface area contributed by atoms with Gasteiger partial charge in [-0.25, -0.2) is 4.39 Å². The first-order valence-electron chi connectivity index (χ1n) is 4.01. The van der Waals surface area contributed by atoms with E-state index in [9.17, 15) is 4.39 Å². The Morgan fingerprint density at radius 3 is 2.38 bits per heavy atom. The van der Waals surface area contributed by atoms with Crippen molar-refractivity contribution in [2.45, 2.75) is 12.8 Å². The lowest BCUT2D eigenvalue weighted by Gasteiger charge is -1.99. The fraction of sp³-hybridized carbons (Fsp3) is 0.200. The normalized spacial score (nSPS) is 14.5. The van der Waals surface area contributed by atoms with E-state index in [0.29, 0.717) is 10.6 Å².